The highest BCUT2D eigenvalue weighted by atomic mass is 16.1. The van der Waals surface area contributed by atoms with E-state index in [0.29, 0.717) is 6.04 Å². The number of H-pyrrole nitrogens is 1. The van der Waals surface area contributed by atoms with E-state index in [2.05, 4.69) is 54.1 Å². The minimum Gasteiger partial charge on any atom is -0.357 e. The highest BCUT2D eigenvalue weighted by Gasteiger charge is 2.42. The van der Waals surface area contributed by atoms with E-state index in [1.54, 1.807) is 6.08 Å². The standard InChI is InChI=1S/C18H20N2O/c1-3-11(2)20-15-8-9-17(21)16(20)10-13-12-6-4-5-7-14(12)19-18(13)15/h4-9,11,15-16,19H,3,10H2,1-2H3. The molecule has 3 heteroatoms. The molecule has 2 aromatic rings. The monoisotopic (exact) mass is 280 g/mol. The lowest BCUT2D eigenvalue weighted by Crippen LogP contribution is -2.53. The summed E-state index contributed by atoms with van der Waals surface area (Å²) in [6, 6.07) is 9.04. The molecule has 4 rings (SSSR count). The third-order valence-corrected chi connectivity index (χ3v) is 5.09. The lowest BCUT2D eigenvalue weighted by atomic mass is 9.84. The van der Waals surface area contributed by atoms with E-state index in [1.807, 2.05) is 0 Å². The molecule has 2 aliphatic rings. The Kier molecular flexibility index (Phi) is 2.79. The molecule has 0 fully saturated rings. The summed E-state index contributed by atoms with van der Waals surface area (Å²) in [4.78, 5) is 18.3. The fourth-order valence-corrected chi connectivity index (χ4v) is 3.87. The van der Waals surface area contributed by atoms with Gasteiger partial charge >= 0.3 is 0 Å². The summed E-state index contributed by atoms with van der Waals surface area (Å²) in [5, 5.41) is 1.27. The molecular formula is C18H20N2O. The van der Waals surface area contributed by atoms with Gasteiger partial charge < -0.3 is 4.98 Å². The van der Waals surface area contributed by atoms with Gasteiger partial charge in [-0.25, -0.2) is 0 Å². The van der Waals surface area contributed by atoms with Crippen LogP contribution in [0.5, 0.6) is 0 Å². The molecule has 1 aromatic carbocycles. The maximum atomic E-state index is 12.4. The molecule has 3 nitrogen and oxygen atoms in total. The highest BCUT2D eigenvalue weighted by Crippen LogP contribution is 2.41. The second kappa shape index (κ2) is 4.57. The summed E-state index contributed by atoms with van der Waals surface area (Å²) >= 11 is 0. The van der Waals surface area contributed by atoms with Crippen molar-refractivity contribution in [2.75, 3.05) is 0 Å². The van der Waals surface area contributed by atoms with Crippen LogP contribution in [-0.4, -0.2) is 27.8 Å². The molecular weight excluding hydrogens is 260 g/mol. The Morgan fingerprint density at radius 1 is 1.38 bits per heavy atom. The van der Waals surface area contributed by atoms with Crippen LogP contribution >= 0.6 is 0 Å². The lowest BCUT2D eigenvalue weighted by molar-refractivity contribution is -0.122. The molecule has 0 saturated heterocycles. The maximum absolute atomic E-state index is 12.4. The van der Waals surface area contributed by atoms with Gasteiger partial charge in [0.05, 0.1) is 12.1 Å². The van der Waals surface area contributed by atoms with Crippen LogP contribution in [0.15, 0.2) is 36.4 Å². The van der Waals surface area contributed by atoms with E-state index in [-0.39, 0.29) is 17.9 Å². The van der Waals surface area contributed by atoms with Crippen LogP contribution in [0.25, 0.3) is 10.9 Å². The number of aromatic nitrogens is 1. The molecule has 0 aliphatic carbocycles. The summed E-state index contributed by atoms with van der Waals surface area (Å²) in [6.45, 7) is 4.41. The van der Waals surface area contributed by atoms with Crippen LogP contribution < -0.4 is 0 Å². The lowest BCUT2D eigenvalue weighted by Gasteiger charge is -2.45. The largest absolute Gasteiger partial charge is 0.357 e. The number of para-hydroxylation sites is 1. The van der Waals surface area contributed by atoms with Gasteiger partial charge in [-0.3, -0.25) is 9.69 Å². The van der Waals surface area contributed by atoms with E-state index < -0.39 is 0 Å². The molecule has 3 unspecified atom stereocenters. The number of carbonyl (C=O) groups excluding carboxylic acids is 1. The predicted molar refractivity (Wildman–Crippen MR) is 84.3 cm³/mol. The quantitative estimate of drug-likeness (QED) is 0.915. The molecule has 1 aromatic heterocycles. The zero-order valence-electron chi connectivity index (χ0n) is 12.5. The number of hydrogen-bond donors (Lipinski definition) is 1. The average Bonchev–Trinajstić information content (AvgIpc) is 2.88. The van der Waals surface area contributed by atoms with Crippen molar-refractivity contribution in [3.8, 4) is 0 Å². The minimum atomic E-state index is 0.00153. The maximum Gasteiger partial charge on any atom is 0.172 e. The summed E-state index contributed by atoms with van der Waals surface area (Å²) in [7, 11) is 0. The van der Waals surface area contributed by atoms with Gasteiger partial charge in [-0.1, -0.05) is 31.2 Å². The Bertz CT molecular complexity index is 743. The number of fused-ring (bicyclic) bond motifs is 6. The van der Waals surface area contributed by atoms with Gasteiger partial charge in [0.2, 0.25) is 0 Å². The first-order valence-corrected chi connectivity index (χ1v) is 7.79. The van der Waals surface area contributed by atoms with Gasteiger partial charge in [0.1, 0.15) is 0 Å². The van der Waals surface area contributed by atoms with Crippen molar-refractivity contribution in [2.45, 2.75) is 44.8 Å². The number of hydrogen-bond acceptors (Lipinski definition) is 2. The third kappa shape index (κ3) is 1.74. The number of aromatic amines is 1. The number of nitrogens with zero attached hydrogens (tertiary/aromatic N) is 1. The van der Waals surface area contributed by atoms with Crippen LogP contribution in [0.3, 0.4) is 0 Å². The van der Waals surface area contributed by atoms with Crippen LogP contribution in [-0.2, 0) is 11.2 Å². The number of ketones is 1. The highest BCUT2D eigenvalue weighted by molar-refractivity contribution is 5.97. The Balaban J connectivity index is 1.92. The van der Waals surface area contributed by atoms with Gasteiger partial charge in [0.25, 0.3) is 0 Å². The smallest absolute Gasteiger partial charge is 0.172 e. The topological polar surface area (TPSA) is 36.1 Å². The predicted octanol–water partition coefficient (Wildman–Crippen LogP) is 3.37. The fraction of sp³-hybridized carbons (Fsp3) is 0.389. The van der Waals surface area contributed by atoms with Crippen LogP contribution in [0.4, 0.5) is 0 Å². The van der Waals surface area contributed by atoms with Crippen molar-refractivity contribution < 1.29 is 4.79 Å². The minimum absolute atomic E-state index is 0.00153. The normalized spacial score (nSPS) is 26.1. The molecule has 0 spiro atoms. The van der Waals surface area contributed by atoms with Crippen LogP contribution in [0, 0.1) is 0 Å². The molecule has 0 saturated carbocycles. The third-order valence-electron chi connectivity index (χ3n) is 5.09. The first kappa shape index (κ1) is 12.8. The van der Waals surface area contributed by atoms with E-state index in [4.69, 9.17) is 0 Å². The van der Waals surface area contributed by atoms with Crippen molar-refractivity contribution in [3.63, 3.8) is 0 Å². The second-order valence-electron chi connectivity index (χ2n) is 6.19. The first-order valence-electron chi connectivity index (χ1n) is 7.79. The average molecular weight is 280 g/mol. The molecule has 1 N–H and O–H groups in total. The molecule has 2 aliphatic heterocycles. The molecule has 0 amide bonds. The van der Waals surface area contributed by atoms with Gasteiger partial charge in [-0.2, -0.15) is 0 Å². The molecule has 21 heavy (non-hydrogen) atoms. The zero-order valence-corrected chi connectivity index (χ0v) is 12.5. The number of rotatable bonds is 2. The summed E-state index contributed by atoms with van der Waals surface area (Å²) < 4.78 is 0. The first-order chi connectivity index (χ1) is 10.2. The van der Waals surface area contributed by atoms with Gasteiger partial charge in [-0.05, 0) is 37.5 Å². The van der Waals surface area contributed by atoms with Crippen molar-refractivity contribution in [2.24, 2.45) is 0 Å². The molecule has 0 radical (unpaired) electrons. The van der Waals surface area contributed by atoms with E-state index >= 15 is 0 Å². The number of carbonyl (C=O) groups is 1. The number of benzene rings is 1. The van der Waals surface area contributed by atoms with Gasteiger partial charge in [-0.15, -0.1) is 0 Å². The van der Waals surface area contributed by atoms with E-state index in [9.17, 15) is 4.79 Å². The summed E-state index contributed by atoms with van der Waals surface area (Å²) in [5.74, 6) is 0.252. The van der Waals surface area contributed by atoms with E-state index in [1.165, 1.54) is 22.2 Å². The molecule has 3 heterocycles. The molecule has 3 atom stereocenters. The fourth-order valence-electron chi connectivity index (χ4n) is 3.87. The molecule has 108 valence electrons. The number of nitrogens with one attached hydrogen (secondary N) is 1. The van der Waals surface area contributed by atoms with Crippen LogP contribution in [0.2, 0.25) is 0 Å². The van der Waals surface area contributed by atoms with Crippen molar-refractivity contribution in [1.82, 2.24) is 9.88 Å². The zero-order chi connectivity index (χ0) is 14.6. The van der Waals surface area contributed by atoms with Gasteiger partial charge in [0, 0.05) is 22.6 Å². The van der Waals surface area contributed by atoms with Gasteiger partial charge in [0.15, 0.2) is 5.78 Å². The Morgan fingerprint density at radius 3 is 3.00 bits per heavy atom. The molecule has 2 bridgehead atoms. The Morgan fingerprint density at radius 2 is 2.19 bits per heavy atom. The van der Waals surface area contributed by atoms with Crippen molar-refractivity contribution >= 4 is 16.7 Å². The summed E-state index contributed by atoms with van der Waals surface area (Å²) in [5.41, 5.74) is 3.79. The second-order valence-corrected chi connectivity index (χ2v) is 6.19. The Labute approximate surface area is 124 Å². The van der Waals surface area contributed by atoms with Crippen molar-refractivity contribution in [3.05, 3.63) is 47.7 Å². The van der Waals surface area contributed by atoms with E-state index in [0.717, 1.165) is 12.8 Å². The SMILES string of the molecule is CCC(C)N1C2Cc3c([nH]c4ccccc34)C1C=CC2=O. The van der Waals surface area contributed by atoms with Crippen molar-refractivity contribution in [1.29, 1.82) is 0 Å². The van der Waals surface area contributed by atoms with Crippen LogP contribution in [0.1, 0.15) is 37.6 Å². The Hall–Kier alpha value is -1.87. The summed E-state index contributed by atoms with van der Waals surface area (Å²) in [6.07, 6.45) is 5.73.